The van der Waals surface area contributed by atoms with E-state index in [1.165, 1.54) is 0 Å². The van der Waals surface area contributed by atoms with Crippen LogP contribution in [0.25, 0.3) is 17.3 Å². The number of aromatic nitrogens is 2. The number of carbonyl (C=O) groups is 1. The third-order valence-electron chi connectivity index (χ3n) is 3.66. The lowest BCUT2D eigenvalue weighted by Gasteiger charge is -2.00. The summed E-state index contributed by atoms with van der Waals surface area (Å²) in [5, 5.41) is 11.8. The van der Waals surface area contributed by atoms with Gasteiger partial charge in [-0.1, -0.05) is 59.6 Å². The Hall–Kier alpha value is -2.89. The second kappa shape index (κ2) is 8.66. The molecule has 0 spiro atoms. The van der Waals surface area contributed by atoms with Crippen molar-refractivity contribution in [3.63, 3.8) is 0 Å². The second-order valence-electron chi connectivity index (χ2n) is 5.79. The lowest BCUT2D eigenvalue weighted by Crippen LogP contribution is -2.17. The molecule has 3 rings (SSSR count). The number of nitrogens with one attached hydrogen (secondary N) is 2. The number of allylic oxidation sites excluding steroid dienone is 1. The molecule has 0 radical (unpaired) electrons. The molecule has 0 bridgehead atoms. The van der Waals surface area contributed by atoms with E-state index in [-0.39, 0.29) is 5.69 Å². The molecule has 1 aromatic heterocycles. The number of hydrogen-bond acceptors (Lipinski definition) is 3. The van der Waals surface area contributed by atoms with Crippen molar-refractivity contribution in [1.82, 2.24) is 15.6 Å². The van der Waals surface area contributed by atoms with Crippen molar-refractivity contribution in [2.45, 2.75) is 6.92 Å². The first-order valence-corrected chi connectivity index (χ1v) is 8.86. The van der Waals surface area contributed by atoms with Crippen LogP contribution in [0, 0.1) is 0 Å². The summed E-state index contributed by atoms with van der Waals surface area (Å²) in [5.74, 6) is -0.400. The van der Waals surface area contributed by atoms with Gasteiger partial charge in [0.1, 0.15) is 5.69 Å². The summed E-state index contributed by atoms with van der Waals surface area (Å²) >= 11 is 12.1. The zero-order chi connectivity index (χ0) is 19.2. The molecule has 0 fully saturated rings. The molecule has 5 nitrogen and oxygen atoms in total. The van der Waals surface area contributed by atoms with E-state index in [1.807, 2.05) is 43.3 Å². The van der Waals surface area contributed by atoms with Gasteiger partial charge in [0.2, 0.25) is 0 Å². The van der Waals surface area contributed by atoms with Crippen LogP contribution in [0.3, 0.4) is 0 Å². The molecule has 2 aromatic carbocycles. The summed E-state index contributed by atoms with van der Waals surface area (Å²) in [6.45, 7) is 1.90. The number of amides is 1. The first-order valence-electron chi connectivity index (χ1n) is 8.10. The number of nitrogens with zero attached hydrogens (tertiary/aromatic N) is 2. The molecule has 0 saturated heterocycles. The molecule has 27 heavy (non-hydrogen) atoms. The van der Waals surface area contributed by atoms with Gasteiger partial charge in [0.15, 0.2) is 0 Å². The van der Waals surface area contributed by atoms with E-state index < -0.39 is 5.91 Å². The van der Waals surface area contributed by atoms with Gasteiger partial charge >= 0.3 is 0 Å². The summed E-state index contributed by atoms with van der Waals surface area (Å²) in [5.41, 5.74) is 5.94. The zero-order valence-electron chi connectivity index (χ0n) is 14.4. The van der Waals surface area contributed by atoms with Crippen molar-refractivity contribution in [2.75, 3.05) is 0 Å². The van der Waals surface area contributed by atoms with Crippen molar-refractivity contribution in [3.8, 4) is 11.3 Å². The van der Waals surface area contributed by atoms with Crippen LogP contribution in [-0.2, 0) is 0 Å². The summed E-state index contributed by atoms with van der Waals surface area (Å²) in [4.78, 5) is 12.2. The fraction of sp³-hybridized carbons (Fsp3) is 0.0500. The van der Waals surface area contributed by atoms with Gasteiger partial charge in [-0.2, -0.15) is 10.2 Å². The summed E-state index contributed by atoms with van der Waals surface area (Å²) < 4.78 is 0. The van der Waals surface area contributed by atoms with Gasteiger partial charge in [-0.15, -0.1) is 0 Å². The van der Waals surface area contributed by atoms with Crippen molar-refractivity contribution in [2.24, 2.45) is 5.10 Å². The number of benzene rings is 2. The van der Waals surface area contributed by atoms with Crippen molar-refractivity contribution in [3.05, 3.63) is 81.5 Å². The number of rotatable bonds is 5. The number of hydrazone groups is 1. The van der Waals surface area contributed by atoms with Crippen LogP contribution in [-0.4, -0.2) is 22.3 Å². The first kappa shape index (κ1) is 18.9. The molecule has 0 saturated carbocycles. The minimum atomic E-state index is -0.400. The fourth-order valence-electron chi connectivity index (χ4n) is 2.38. The van der Waals surface area contributed by atoms with E-state index in [0.29, 0.717) is 21.3 Å². The smallest absolute Gasteiger partial charge is 0.272 e. The SMILES string of the molecule is CC(/C=N/NC(=O)c1cc(-c2ccc(Cl)cc2Cl)n[nH]1)=C\c1ccccc1. The third-order valence-corrected chi connectivity index (χ3v) is 4.21. The minimum Gasteiger partial charge on any atom is -0.272 e. The normalized spacial score (nSPS) is 11.7. The highest BCUT2D eigenvalue weighted by atomic mass is 35.5. The molecule has 3 aromatic rings. The summed E-state index contributed by atoms with van der Waals surface area (Å²) in [6, 6.07) is 16.5. The van der Waals surface area contributed by atoms with Crippen LogP contribution >= 0.6 is 23.2 Å². The Balaban J connectivity index is 1.65. The Morgan fingerprint density at radius 1 is 1.15 bits per heavy atom. The zero-order valence-corrected chi connectivity index (χ0v) is 15.9. The van der Waals surface area contributed by atoms with E-state index in [2.05, 4.69) is 20.7 Å². The van der Waals surface area contributed by atoms with Crippen molar-refractivity contribution >= 4 is 41.4 Å². The predicted octanol–water partition coefficient (Wildman–Crippen LogP) is 5.20. The highest BCUT2D eigenvalue weighted by Gasteiger charge is 2.12. The molecule has 0 aliphatic rings. The molecule has 0 atom stereocenters. The van der Waals surface area contributed by atoms with Gasteiger partial charge in [-0.05, 0) is 42.3 Å². The molecule has 0 aliphatic heterocycles. The van der Waals surface area contributed by atoms with Gasteiger partial charge in [0.05, 0.1) is 16.9 Å². The molecule has 7 heteroatoms. The molecule has 0 aliphatic carbocycles. The van der Waals surface area contributed by atoms with Crippen LogP contribution < -0.4 is 5.43 Å². The lowest BCUT2D eigenvalue weighted by molar-refractivity contribution is 0.0950. The molecule has 1 amide bonds. The van der Waals surface area contributed by atoms with Gasteiger partial charge in [-0.25, -0.2) is 5.43 Å². The Kier molecular flexibility index (Phi) is 6.06. The maximum atomic E-state index is 12.2. The van der Waals surface area contributed by atoms with Crippen LogP contribution in [0.2, 0.25) is 10.0 Å². The quantitative estimate of drug-likeness (QED) is 0.457. The lowest BCUT2D eigenvalue weighted by atomic mass is 10.1. The Bertz CT molecular complexity index is 1010. The van der Waals surface area contributed by atoms with Gasteiger partial charge < -0.3 is 0 Å². The number of carbonyl (C=O) groups excluding carboxylic acids is 1. The van der Waals surface area contributed by atoms with E-state index in [0.717, 1.165) is 11.1 Å². The maximum Gasteiger partial charge on any atom is 0.289 e. The molecular formula is C20H16Cl2N4O. The minimum absolute atomic E-state index is 0.276. The summed E-state index contributed by atoms with van der Waals surface area (Å²) in [6.07, 6.45) is 3.55. The maximum absolute atomic E-state index is 12.2. The number of aromatic amines is 1. The van der Waals surface area contributed by atoms with Gasteiger partial charge in [0.25, 0.3) is 5.91 Å². The standard InChI is InChI=1S/C20H16Cl2N4O/c1-13(9-14-5-3-2-4-6-14)12-23-26-20(27)19-11-18(24-25-19)16-8-7-15(21)10-17(16)22/h2-12H,1H3,(H,24,25)(H,26,27)/b13-9+,23-12+. The van der Waals surface area contributed by atoms with Gasteiger partial charge in [0, 0.05) is 10.6 Å². The average molecular weight is 399 g/mol. The number of hydrogen-bond donors (Lipinski definition) is 2. The van der Waals surface area contributed by atoms with E-state index >= 15 is 0 Å². The van der Waals surface area contributed by atoms with Crippen LogP contribution in [0.15, 0.2) is 65.3 Å². The molecular weight excluding hydrogens is 383 g/mol. The van der Waals surface area contributed by atoms with E-state index in [9.17, 15) is 4.79 Å². The Morgan fingerprint density at radius 2 is 1.93 bits per heavy atom. The van der Waals surface area contributed by atoms with E-state index in [1.54, 1.807) is 30.5 Å². The van der Waals surface area contributed by atoms with Crippen LogP contribution in [0.5, 0.6) is 0 Å². The predicted molar refractivity (Wildman–Crippen MR) is 110 cm³/mol. The topological polar surface area (TPSA) is 70.1 Å². The highest BCUT2D eigenvalue weighted by molar-refractivity contribution is 6.36. The van der Waals surface area contributed by atoms with Gasteiger partial charge in [-0.3, -0.25) is 9.89 Å². The molecule has 2 N–H and O–H groups in total. The Morgan fingerprint density at radius 3 is 2.67 bits per heavy atom. The Labute approximate surface area is 166 Å². The number of halogens is 2. The summed E-state index contributed by atoms with van der Waals surface area (Å²) in [7, 11) is 0. The molecule has 0 unspecified atom stereocenters. The monoisotopic (exact) mass is 398 g/mol. The van der Waals surface area contributed by atoms with Crippen LogP contribution in [0.1, 0.15) is 23.0 Å². The second-order valence-corrected chi connectivity index (χ2v) is 6.63. The highest BCUT2D eigenvalue weighted by Crippen LogP contribution is 2.29. The van der Waals surface area contributed by atoms with Crippen molar-refractivity contribution < 1.29 is 4.79 Å². The third kappa shape index (κ3) is 5.06. The fourth-order valence-corrected chi connectivity index (χ4v) is 2.88. The van der Waals surface area contributed by atoms with Crippen LogP contribution in [0.4, 0.5) is 0 Å². The van der Waals surface area contributed by atoms with E-state index in [4.69, 9.17) is 23.2 Å². The molecule has 1 heterocycles. The largest absolute Gasteiger partial charge is 0.289 e. The average Bonchev–Trinajstić information content (AvgIpc) is 3.12. The number of H-pyrrole nitrogens is 1. The van der Waals surface area contributed by atoms with Crippen molar-refractivity contribution in [1.29, 1.82) is 0 Å². The molecule has 136 valence electrons. The first-order chi connectivity index (χ1) is 13.0.